The number of hydrogen-bond acceptors (Lipinski definition) is 3. The minimum Gasteiger partial charge on any atom is -0.508 e. The van der Waals surface area contributed by atoms with Crippen LogP contribution in [0.5, 0.6) is 5.75 Å². The van der Waals surface area contributed by atoms with Crippen molar-refractivity contribution in [1.29, 1.82) is 5.26 Å². The molecule has 0 saturated heterocycles. The summed E-state index contributed by atoms with van der Waals surface area (Å²) < 4.78 is 0. The second-order valence-electron chi connectivity index (χ2n) is 4.61. The second kappa shape index (κ2) is 5.20. The minimum absolute atomic E-state index is 0.268. The van der Waals surface area contributed by atoms with Crippen LogP contribution in [-0.4, -0.2) is 11.1 Å². The molecule has 0 heterocycles. The number of aryl methyl sites for hydroxylation is 1. The lowest BCUT2D eigenvalue weighted by molar-refractivity contribution is 0.426. The van der Waals surface area contributed by atoms with Crippen molar-refractivity contribution < 1.29 is 5.11 Å². The number of nitrogens with one attached hydrogen (secondary N) is 1. The van der Waals surface area contributed by atoms with Crippen LogP contribution >= 0.6 is 0 Å². The third-order valence-corrected chi connectivity index (χ3v) is 3.47. The minimum atomic E-state index is 0.268. The van der Waals surface area contributed by atoms with Gasteiger partial charge < -0.3 is 10.4 Å². The molecule has 0 spiro atoms. The summed E-state index contributed by atoms with van der Waals surface area (Å²) in [6.07, 6.45) is 3.59. The Balaban J connectivity index is 2.09. The van der Waals surface area contributed by atoms with Crippen molar-refractivity contribution >= 4 is 0 Å². The van der Waals surface area contributed by atoms with E-state index in [0.29, 0.717) is 18.2 Å². The molecule has 0 bridgehead atoms. The predicted octanol–water partition coefficient (Wildman–Crippen LogP) is 2.66. The Morgan fingerprint density at radius 2 is 2.41 bits per heavy atom. The fourth-order valence-electron chi connectivity index (χ4n) is 2.49. The first kappa shape index (κ1) is 11.9. The van der Waals surface area contributed by atoms with Crippen molar-refractivity contribution in [3.63, 3.8) is 0 Å². The van der Waals surface area contributed by atoms with Gasteiger partial charge in [-0.05, 0) is 42.5 Å². The maximum Gasteiger partial charge on any atom is 0.115 e. The van der Waals surface area contributed by atoms with Gasteiger partial charge in [-0.3, -0.25) is 0 Å². The molecule has 2 atom stereocenters. The number of phenolic OH excluding ortho intramolecular Hbond substituents is 1. The van der Waals surface area contributed by atoms with Crippen molar-refractivity contribution in [1.82, 2.24) is 5.32 Å². The number of nitriles is 1. The second-order valence-corrected chi connectivity index (χ2v) is 4.61. The fraction of sp³-hybridized carbons (Fsp3) is 0.500. The Morgan fingerprint density at radius 3 is 3.12 bits per heavy atom. The van der Waals surface area contributed by atoms with Crippen LogP contribution < -0.4 is 5.32 Å². The van der Waals surface area contributed by atoms with Crippen molar-refractivity contribution in [2.75, 3.05) is 0 Å². The molecule has 90 valence electrons. The van der Waals surface area contributed by atoms with E-state index >= 15 is 0 Å². The summed E-state index contributed by atoms with van der Waals surface area (Å²) in [5.74, 6) is 0.341. The SMILES string of the molecule is CCC(CC#N)NC1CCc2cc(O)ccc21. The molecule has 2 unspecified atom stereocenters. The molecule has 1 aromatic carbocycles. The van der Waals surface area contributed by atoms with E-state index in [9.17, 15) is 5.11 Å². The van der Waals surface area contributed by atoms with Gasteiger partial charge in [0.2, 0.25) is 0 Å². The number of aromatic hydroxyl groups is 1. The molecular formula is C14H18N2O. The van der Waals surface area contributed by atoms with Crippen LogP contribution in [0.25, 0.3) is 0 Å². The van der Waals surface area contributed by atoms with E-state index in [1.54, 1.807) is 6.07 Å². The van der Waals surface area contributed by atoms with Crippen molar-refractivity contribution in [3.05, 3.63) is 29.3 Å². The molecule has 0 aliphatic heterocycles. The van der Waals surface area contributed by atoms with E-state index in [1.807, 2.05) is 12.1 Å². The van der Waals surface area contributed by atoms with Gasteiger partial charge >= 0.3 is 0 Å². The van der Waals surface area contributed by atoms with Gasteiger partial charge in [0.25, 0.3) is 0 Å². The Morgan fingerprint density at radius 1 is 1.59 bits per heavy atom. The van der Waals surface area contributed by atoms with Crippen LogP contribution in [0.2, 0.25) is 0 Å². The van der Waals surface area contributed by atoms with Gasteiger partial charge in [-0.15, -0.1) is 0 Å². The van der Waals surface area contributed by atoms with Crippen LogP contribution in [0.3, 0.4) is 0 Å². The van der Waals surface area contributed by atoms with Gasteiger partial charge in [-0.25, -0.2) is 0 Å². The third-order valence-electron chi connectivity index (χ3n) is 3.47. The summed E-state index contributed by atoms with van der Waals surface area (Å²) in [4.78, 5) is 0. The lowest BCUT2D eigenvalue weighted by Gasteiger charge is -2.20. The summed E-state index contributed by atoms with van der Waals surface area (Å²) in [6, 6.07) is 8.41. The first-order valence-electron chi connectivity index (χ1n) is 6.19. The standard InChI is InChI=1S/C14H18N2O/c1-2-11(7-8-15)16-14-6-3-10-9-12(17)4-5-13(10)14/h4-5,9,11,14,16-17H,2-3,6-7H2,1H3. The molecular weight excluding hydrogens is 212 g/mol. The van der Waals surface area contributed by atoms with Gasteiger partial charge in [-0.2, -0.15) is 5.26 Å². The first-order chi connectivity index (χ1) is 8.24. The number of fused-ring (bicyclic) bond motifs is 1. The highest BCUT2D eigenvalue weighted by Crippen LogP contribution is 2.33. The number of nitrogens with zero attached hydrogens (tertiary/aromatic N) is 1. The van der Waals surface area contributed by atoms with E-state index in [0.717, 1.165) is 19.3 Å². The van der Waals surface area contributed by atoms with Gasteiger partial charge in [0.15, 0.2) is 0 Å². The number of phenols is 1. The monoisotopic (exact) mass is 230 g/mol. The zero-order valence-electron chi connectivity index (χ0n) is 10.1. The van der Waals surface area contributed by atoms with Crippen molar-refractivity contribution in [2.24, 2.45) is 0 Å². The van der Waals surface area contributed by atoms with Gasteiger partial charge in [0, 0.05) is 12.1 Å². The number of hydrogen-bond donors (Lipinski definition) is 2. The van der Waals surface area contributed by atoms with Crippen LogP contribution in [0.4, 0.5) is 0 Å². The average molecular weight is 230 g/mol. The summed E-state index contributed by atoms with van der Waals surface area (Å²) in [7, 11) is 0. The largest absolute Gasteiger partial charge is 0.508 e. The maximum atomic E-state index is 9.43. The van der Waals surface area contributed by atoms with Crippen molar-refractivity contribution in [2.45, 2.75) is 44.7 Å². The Kier molecular flexibility index (Phi) is 3.65. The Bertz CT molecular complexity index is 436. The highest BCUT2D eigenvalue weighted by atomic mass is 16.3. The molecule has 1 aliphatic carbocycles. The zero-order valence-corrected chi connectivity index (χ0v) is 10.1. The van der Waals surface area contributed by atoms with E-state index in [-0.39, 0.29) is 6.04 Å². The summed E-state index contributed by atoms with van der Waals surface area (Å²) in [5.41, 5.74) is 2.51. The van der Waals surface area contributed by atoms with Crippen LogP contribution in [0.15, 0.2) is 18.2 Å². The van der Waals surface area contributed by atoms with Gasteiger partial charge in [-0.1, -0.05) is 13.0 Å². The Labute approximate surface area is 102 Å². The van der Waals surface area contributed by atoms with Crippen LogP contribution in [0.1, 0.15) is 43.4 Å². The molecule has 2 N–H and O–H groups in total. The fourth-order valence-corrected chi connectivity index (χ4v) is 2.49. The summed E-state index contributed by atoms with van der Waals surface area (Å²) in [5, 5.41) is 21.7. The van der Waals surface area contributed by atoms with Crippen molar-refractivity contribution in [3.8, 4) is 11.8 Å². The maximum absolute atomic E-state index is 9.43. The highest BCUT2D eigenvalue weighted by Gasteiger charge is 2.24. The first-order valence-corrected chi connectivity index (χ1v) is 6.19. The van der Waals surface area contributed by atoms with E-state index < -0.39 is 0 Å². The third kappa shape index (κ3) is 2.59. The Hall–Kier alpha value is -1.53. The van der Waals surface area contributed by atoms with Gasteiger partial charge in [0.05, 0.1) is 12.5 Å². The molecule has 3 nitrogen and oxygen atoms in total. The zero-order chi connectivity index (χ0) is 12.3. The molecule has 2 rings (SSSR count). The molecule has 1 aromatic rings. The van der Waals surface area contributed by atoms with E-state index in [1.165, 1.54) is 11.1 Å². The van der Waals surface area contributed by atoms with Gasteiger partial charge in [0.1, 0.15) is 5.75 Å². The van der Waals surface area contributed by atoms with E-state index in [2.05, 4.69) is 18.3 Å². The van der Waals surface area contributed by atoms with E-state index in [4.69, 9.17) is 5.26 Å². The lowest BCUT2D eigenvalue weighted by Crippen LogP contribution is -2.31. The molecule has 1 aliphatic rings. The summed E-state index contributed by atoms with van der Waals surface area (Å²) in [6.45, 7) is 2.10. The predicted molar refractivity (Wildman–Crippen MR) is 66.6 cm³/mol. The van der Waals surface area contributed by atoms with Crippen LogP contribution in [-0.2, 0) is 6.42 Å². The number of benzene rings is 1. The summed E-state index contributed by atoms with van der Waals surface area (Å²) >= 11 is 0. The average Bonchev–Trinajstić information content (AvgIpc) is 2.71. The number of rotatable bonds is 4. The molecule has 0 amide bonds. The normalized spacial score (nSPS) is 19.6. The topological polar surface area (TPSA) is 56.0 Å². The molecule has 3 heteroatoms. The molecule has 0 fully saturated rings. The molecule has 0 aromatic heterocycles. The molecule has 0 saturated carbocycles. The molecule has 17 heavy (non-hydrogen) atoms. The molecule has 0 radical (unpaired) electrons. The van der Waals surface area contributed by atoms with Crippen LogP contribution in [0, 0.1) is 11.3 Å². The highest BCUT2D eigenvalue weighted by molar-refractivity contribution is 5.40. The lowest BCUT2D eigenvalue weighted by atomic mass is 10.1. The quantitative estimate of drug-likeness (QED) is 0.836. The smallest absolute Gasteiger partial charge is 0.115 e.